The van der Waals surface area contributed by atoms with Crippen LogP contribution in [0.3, 0.4) is 0 Å². The van der Waals surface area contributed by atoms with Crippen molar-refractivity contribution in [1.29, 1.82) is 0 Å². The number of hydrogen-bond donors (Lipinski definition) is 2. The summed E-state index contributed by atoms with van der Waals surface area (Å²) >= 11 is 1.45. The van der Waals surface area contributed by atoms with Gasteiger partial charge in [-0.15, -0.1) is 11.3 Å². The van der Waals surface area contributed by atoms with Crippen LogP contribution in [0.25, 0.3) is 16.8 Å². The quantitative estimate of drug-likeness (QED) is 0.658. The SMILES string of the molecule is CC1CC=CC(CCN(C)C(=O)c2nc3c(s2)CCOc2cc(C(C=[NH2+])=CN)ccc2-3)=N1. The van der Waals surface area contributed by atoms with Gasteiger partial charge in [-0.25, -0.2) is 4.98 Å². The number of hydrogen-bond acceptors (Lipinski definition) is 6. The summed E-state index contributed by atoms with van der Waals surface area (Å²) in [5.74, 6) is 0.651. The molecule has 2 aliphatic rings. The van der Waals surface area contributed by atoms with Gasteiger partial charge in [0, 0.05) is 48.8 Å². The zero-order valence-corrected chi connectivity index (χ0v) is 19.2. The smallest absolute Gasteiger partial charge is 0.282 e. The topological polar surface area (TPSA) is 106 Å². The molecule has 0 saturated heterocycles. The Morgan fingerprint density at radius 2 is 2.28 bits per heavy atom. The van der Waals surface area contributed by atoms with Gasteiger partial charge in [-0.05, 0) is 37.1 Å². The van der Waals surface area contributed by atoms with Crippen molar-refractivity contribution in [3.05, 3.63) is 52.0 Å². The van der Waals surface area contributed by atoms with Crippen molar-refractivity contribution < 1.29 is 14.9 Å². The highest BCUT2D eigenvalue weighted by molar-refractivity contribution is 7.14. The first-order chi connectivity index (χ1) is 15.5. The van der Waals surface area contributed by atoms with Gasteiger partial charge in [0.1, 0.15) is 5.75 Å². The van der Waals surface area contributed by atoms with Gasteiger partial charge in [0.15, 0.2) is 11.2 Å². The first kappa shape index (κ1) is 22.0. The van der Waals surface area contributed by atoms with E-state index in [1.165, 1.54) is 23.8 Å². The number of dihydropyridines is 1. The summed E-state index contributed by atoms with van der Waals surface area (Å²) < 4.78 is 5.96. The molecule has 3 heterocycles. The van der Waals surface area contributed by atoms with E-state index in [1.807, 2.05) is 25.2 Å². The molecule has 1 aromatic heterocycles. The number of fused-ring (bicyclic) bond motifs is 3. The molecule has 0 radical (unpaired) electrons. The van der Waals surface area contributed by atoms with Gasteiger partial charge in [-0.2, -0.15) is 0 Å². The highest BCUT2D eigenvalue weighted by Crippen LogP contribution is 2.39. The Balaban J connectivity index is 1.54. The van der Waals surface area contributed by atoms with Crippen LogP contribution >= 0.6 is 11.3 Å². The zero-order valence-electron chi connectivity index (χ0n) is 18.4. The van der Waals surface area contributed by atoms with Gasteiger partial charge in [-0.1, -0.05) is 12.1 Å². The average molecular weight is 451 g/mol. The Kier molecular flexibility index (Phi) is 6.50. The Labute approximate surface area is 191 Å². The molecule has 1 amide bonds. The summed E-state index contributed by atoms with van der Waals surface area (Å²) in [5, 5.41) is 6.17. The number of benzene rings is 1. The number of rotatable bonds is 6. The van der Waals surface area contributed by atoms with Crippen molar-refractivity contribution in [2.45, 2.75) is 32.2 Å². The maximum Gasteiger partial charge on any atom is 0.282 e. The van der Waals surface area contributed by atoms with Crippen LogP contribution in [0, 0.1) is 0 Å². The highest BCUT2D eigenvalue weighted by atomic mass is 32.1. The fraction of sp³-hybridized carbons (Fsp3) is 0.333. The van der Waals surface area contributed by atoms with Gasteiger partial charge in [0.2, 0.25) is 0 Å². The normalized spacial score (nSPS) is 17.5. The second-order valence-corrected chi connectivity index (χ2v) is 9.06. The Morgan fingerprint density at radius 1 is 1.44 bits per heavy atom. The minimum absolute atomic E-state index is 0.0679. The third kappa shape index (κ3) is 4.50. The Bertz CT molecular complexity index is 1130. The first-order valence-electron chi connectivity index (χ1n) is 10.7. The molecule has 4 rings (SSSR count). The lowest BCUT2D eigenvalue weighted by Gasteiger charge is -2.17. The molecule has 0 saturated carbocycles. The molecule has 0 spiro atoms. The van der Waals surface area contributed by atoms with E-state index in [1.54, 1.807) is 4.90 Å². The van der Waals surface area contributed by atoms with Crippen LogP contribution < -0.4 is 15.9 Å². The molecule has 1 aromatic carbocycles. The summed E-state index contributed by atoms with van der Waals surface area (Å²) in [5.41, 5.74) is 10.00. The summed E-state index contributed by atoms with van der Waals surface area (Å²) in [6.45, 7) is 3.23. The van der Waals surface area contributed by atoms with E-state index in [0.29, 0.717) is 30.6 Å². The van der Waals surface area contributed by atoms with Gasteiger partial charge in [0.05, 0.1) is 23.9 Å². The Hall–Kier alpha value is -3.26. The molecular weight excluding hydrogens is 422 g/mol. The van der Waals surface area contributed by atoms with E-state index in [9.17, 15) is 4.79 Å². The van der Waals surface area contributed by atoms with Crippen LogP contribution in [0.2, 0.25) is 0 Å². The van der Waals surface area contributed by atoms with E-state index in [4.69, 9.17) is 20.9 Å². The van der Waals surface area contributed by atoms with Crippen molar-refractivity contribution in [1.82, 2.24) is 9.88 Å². The first-order valence-corrected chi connectivity index (χ1v) is 11.5. The molecule has 7 nitrogen and oxygen atoms in total. The third-order valence-electron chi connectivity index (χ3n) is 5.62. The van der Waals surface area contributed by atoms with Gasteiger partial charge in [0.25, 0.3) is 5.91 Å². The lowest BCUT2D eigenvalue weighted by molar-refractivity contribution is -0.103. The molecule has 0 aliphatic carbocycles. The molecule has 0 fully saturated rings. The van der Waals surface area contributed by atoms with Crippen LogP contribution in [0.4, 0.5) is 0 Å². The minimum Gasteiger partial charge on any atom is -0.492 e. The molecule has 0 bridgehead atoms. The fourth-order valence-corrected chi connectivity index (χ4v) is 4.87. The molecule has 8 heteroatoms. The van der Waals surface area contributed by atoms with Crippen molar-refractivity contribution in [2.24, 2.45) is 10.7 Å². The molecule has 2 aromatic rings. The van der Waals surface area contributed by atoms with Gasteiger partial charge in [-0.3, -0.25) is 15.2 Å². The second kappa shape index (κ2) is 9.48. The molecular formula is C24H28N5O2S+. The van der Waals surface area contributed by atoms with Crippen LogP contribution in [0.15, 0.2) is 41.5 Å². The molecule has 2 aliphatic heterocycles. The number of nitrogens with two attached hydrogens (primary N) is 2. The van der Waals surface area contributed by atoms with Crippen molar-refractivity contribution in [3.8, 4) is 17.0 Å². The van der Waals surface area contributed by atoms with E-state index in [-0.39, 0.29) is 5.91 Å². The number of carbonyl (C=O) groups is 1. The number of ether oxygens (including phenoxy) is 1. The monoisotopic (exact) mass is 450 g/mol. The highest BCUT2D eigenvalue weighted by Gasteiger charge is 2.25. The number of thiazole rings is 1. The van der Waals surface area contributed by atoms with Gasteiger partial charge < -0.3 is 15.4 Å². The van der Waals surface area contributed by atoms with Crippen molar-refractivity contribution >= 4 is 34.7 Å². The predicted octanol–water partition coefficient (Wildman–Crippen LogP) is 2.13. The largest absolute Gasteiger partial charge is 0.492 e. The number of aromatic nitrogens is 1. The number of nitrogens with zero attached hydrogens (tertiary/aromatic N) is 3. The summed E-state index contributed by atoms with van der Waals surface area (Å²) in [6.07, 6.45) is 9.56. The van der Waals surface area contributed by atoms with Crippen LogP contribution in [0.1, 0.15) is 40.0 Å². The van der Waals surface area contributed by atoms with Gasteiger partial charge >= 0.3 is 0 Å². The maximum absolute atomic E-state index is 13.1. The molecule has 32 heavy (non-hydrogen) atoms. The molecule has 1 atom stereocenters. The van der Waals surface area contributed by atoms with Crippen LogP contribution in [-0.2, 0) is 6.42 Å². The zero-order chi connectivity index (χ0) is 22.7. The number of carbonyl (C=O) groups excluding carboxylic acids is 1. The number of aliphatic imine (C=N–C) groups is 1. The lowest BCUT2D eigenvalue weighted by Crippen LogP contribution is -2.30. The second-order valence-electron chi connectivity index (χ2n) is 7.97. The van der Waals surface area contributed by atoms with Crippen LogP contribution in [-0.4, -0.2) is 54.0 Å². The van der Waals surface area contributed by atoms with Crippen molar-refractivity contribution in [3.63, 3.8) is 0 Å². The summed E-state index contributed by atoms with van der Waals surface area (Å²) in [7, 11) is 1.82. The van der Waals surface area contributed by atoms with Crippen molar-refractivity contribution in [2.75, 3.05) is 20.2 Å². The minimum atomic E-state index is -0.0679. The number of allylic oxidation sites excluding steroid dienone is 2. The van der Waals surface area contributed by atoms with Crippen LogP contribution in [0.5, 0.6) is 5.75 Å². The molecule has 166 valence electrons. The number of amides is 1. The summed E-state index contributed by atoms with van der Waals surface area (Å²) in [6, 6.07) is 6.12. The van der Waals surface area contributed by atoms with E-state index < -0.39 is 0 Å². The fourth-order valence-electron chi connectivity index (χ4n) is 3.82. The standard InChI is InChI=1S/C24H27N5O2S/c1-15-4-3-5-18(27-15)8-10-29(2)24(30)23-28-22-19-7-6-16(17(13-25)14-26)12-20(19)31-11-9-21(22)32-23/h3,5-7,12-15,25H,4,8-11,26H2,1-2H3/p+1. The molecule has 4 N–H and O–H groups in total. The summed E-state index contributed by atoms with van der Waals surface area (Å²) in [4.78, 5) is 25.2. The van der Waals surface area contributed by atoms with E-state index in [0.717, 1.165) is 51.6 Å². The average Bonchev–Trinajstić information content (AvgIpc) is 3.14. The third-order valence-corrected chi connectivity index (χ3v) is 6.72. The Morgan fingerprint density at radius 3 is 3.03 bits per heavy atom. The molecule has 1 unspecified atom stereocenters. The maximum atomic E-state index is 13.1. The van der Waals surface area contributed by atoms with E-state index >= 15 is 0 Å². The predicted molar refractivity (Wildman–Crippen MR) is 129 cm³/mol. The lowest BCUT2D eigenvalue weighted by atomic mass is 10.0. The van der Waals surface area contributed by atoms with E-state index in [2.05, 4.69) is 24.1 Å².